The zero-order valence-corrected chi connectivity index (χ0v) is 25.7. The monoisotopic (exact) mass is 623 g/mol. The Balaban J connectivity index is 0.00000560. The van der Waals surface area contributed by atoms with Crippen LogP contribution in [0, 0.1) is 11.2 Å². The predicted octanol–water partition coefficient (Wildman–Crippen LogP) is 5.18. The van der Waals surface area contributed by atoms with Crippen molar-refractivity contribution in [2.45, 2.75) is 59.4 Å². The zero-order valence-electron chi connectivity index (χ0n) is 23.9. The number of primary amides is 1. The van der Waals surface area contributed by atoms with Crippen molar-refractivity contribution >= 4 is 34.5 Å². The molecule has 0 radical (unpaired) electrons. The lowest BCUT2D eigenvalue weighted by atomic mass is 9.84. The molecule has 2 aromatic rings. The van der Waals surface area contributed by atoms with Gasteiger partial charge in [0.15, 0.2) is 34.6 Å². The largest absolute Gasteiger partial charge is 0.493 e. The Morgan fingerprint density at radius 1 is 1.05 bits per heavy atom. The number of rotatable bonds is 13. The van der Waals surface area contributed by atoms with Gasteiger partial charge >= 0.3 is 0 Å². The number of carbonyl (C=O) groups is 2. The van der Waals surface area contributed by atoms with Crippen LogP contribution < -0.4 is 24.7 Å². The number of ether oxygens (including phenoxy) is 4. The first-order chi connectivity index (χ1) is 18.4. The minimum absolute atomic E-state index is 0. The van der Waals surface area contributed by atoms with E-state index in [1.165, 1.54) is 12.0 Å². The van der Waals surface area contributed by atoms with Crippen LogP contribution in [-0.4, -0.2) is 55.9 Å². The van der Waals surface area contributed by atoms with E-state index in [0.29, 0.717) is 35.7 Å². The molecule has 11 heteroatoms. The van der Waals surface area contributed by atoms with E-state index in [2.05, 4.69) is 0 Å². The summed E-state index contributed by atoms with van der Waals surface area (Å²) >= 11 is 0. The third kappa shape index (κ3) is 7.24. The van der Waals surface area contributed by atoms with Crippen LogP contribution in [0.3, 0.4) is 0 Å². The molecule has 0 spiro atoms. The Morgan fingerprint density at radius 3 is 2.27 bits per heavy atom. The fourth-order valence-corrected chi connectivity index (χ4v) is 4.49. The van der Waals surface area contributed by atoms with Gasteiger partial charge in [-0.25, -0.2) is 4.39 Å². The molecule has 3 N–H and O–H groups in total. The lowest BCUT2D eigenvalue weighted by molar-refractivity contribution is -0.118. The molecule has 1 heterocycles. The van der Waals surface area contributed by atoms with E-state index in [4.69, 9.17) is 30.1 Å². The standard InChI is InChI=1S/C29H38FN3O6.BrH/c1-7-37-22-14-18-15-33(28(32)24(18)25(30)27(22)38-8-2)16-20(34)17-12-19(29(3,4)5)26(36-6)21(13-17)39-11-9-10-23(31)35;/h12-14,32H,7-11,15-16H2,1-6H3,(H2,31,35);1H. The van der Waals surface area contributed by atoms with Crippen LogP contribution in [-0.2, 0) is 16.8 Å². The van der Waals surface area contributed by atoms with Gasteiger partial charge in [0.1, 0.15) is 5.84 Å². The number of amides is 1. The van der Waals surface area contributed by atoms with Gasteiger partial charge < -0.3 is 29.6 Å². The second-order valence-electron chi connectivity index (χ2n) is 10.3. The fourth-order valence-electron chi connectivity index (χ4n) is 4.49. The highest BCUT2D eigenvalue weighted by Gasteiger charge is 2.33. The number of hydrogen-bond acceptors (Lipinski definition) is 7. The van der Waals surface area contributed by atoms with Gasteiger partial charge in [-0.1, -0.05) is 20.8 Å². The Bertz CT molecular complexity index is 1260. The topological polar surface area (TPSA) is 124 Å². The summed E-state index contributed by atoms with van der Waals surface area (Å²) < 4.78 is 38.0. The first kappa shape index (κ1) is 32.9. The summed E-state index contributed by atoms with van der Waals surface area (Å²) in [5.74, 6) is -0.301. The highest BCUT2D eigenvalue weighted by Crippen LogP contribution is 2.41. The first-order valence-electron chi connectivity index (χ1n) is 13.0. The predicted molar refractivity (Wildman–Crippen MR) is 156 cm³/mol. The molecule has 0 saturated carbocycles. The number of nitrogens with two attached hydrogens (primary N) is 1. The van der Waals surface area contributed by atoms with Crippen LogP contribution >= 0.6 is 17.0 Å². The van der Waals surface area contributed by atoms with E-state index in [-0.39, 0.29) is 83.8 Å². The van der Waals surface area contributed by atoms with Crippen molar-refractivity contribution in [1.82, 2.24) is 4.90 Å². The Kier molecular flexibility index (Phi) is 11.4. The highest BCUT2D eigenvalue weighted by molar-refractivity contribution is 8.93. The molecule has 3 rings (SSSR count). The van der Waals surface area contributed by atoms with Gasteiger partial charge in [-0.3, -0.25) is 15.0 Å². The number of nitrogens with one attached hydrogen (secondary N) is 1. The average molecular weight is 625 g/mol. The summed E-state index contributed by atoms with van der Waals surface area (Å²) in [6, 6.07) is 5.05. The van der Waals surface area contributed by atoms with Gasteiger partial charge in [-0.2, -0.15) is 0 Å². The van der Waals surface area contributed by atoms with E-state index in [0.717, 1.165) is 5.56 Å². The maximum atomic E-state index is 15.4. The van der Waals surface area contributed by atoms with Crippen LogP contribution in [0.2, 0.25) is 0 Å². The van der Waals surface area contributed by atoms with E-state index in [1.807, 2.05) is 20.8 Å². The normalized spacial score (nSPS) is 12.5. The van der Waals surface area contributed by atoms with E-state index >= 15 is 4.39 Å². The van der Waals surface area contributed by atoms with Crippen LogP contribution in [0.1, 0.15) is 74.5 Å². The lowest BCUT2D eigenvalue weighted by Crippen LogP contribution is -2.30. The summed E-state index contributed by atoms with van der Waals surface area (Å²) in [7, 11) is 1.53. The van der Waals surface area contributed by atoms with Gasteiger partial charge in [-0.05, 0) is 49.4 Å². The molecule has 1 aliphatic heterocycles. The van der Waals surface area contributed by atoms with Crippen molar-refractivity contribution in [3.63, 3.8) is 0 Å². The molecule has 1 amide bonds. The summed E-state index contributed by atoms with van der Waals surface area (Å²) in [6.07, 6.45) is 0.598. The summed E-state index contributed by atoms with van der Waals surface area (Å²) in [5.41, 5.74) is 6.66. The average Bonchev–Trinajstić information content (AvgIpc) is 3.17. The molecule has 40 heavy (non-hydrogen) atoms. The number of fused-ring (bicyclic) bond motifs is 1. The Morgan fingerprint density at radius 2 is 1.70 bits per heavy atom. The molecule has 0 saturated heterocycles. The fraction of sp³-hybridized carbons (Fsp3) is 0.483. The molecule has 9 nitrogen and oxygen atoms in total. The van der Waals surface area contributed by atoms with Crippen molar-refractivity contribution in [2.75, 3.05) is 33.5 Å². The quantitative estimate of drug-likeness (QED) is 0.233. The van der Waals surface area contributed by atoms with E-state index in [9.17, 15) is 9.59 Å². The molecule has 2 aromatic carbocycles. The molecular weight excluding hydrogens is 585 g/mol. The van der Waals surface area contributed by atoms with Gasteiger partial charge in [0.05, 0.1) is 39.0 Å². The van der Waals surface area contributed by atoms with E-state index in [1.54, 1.807) is 32.0 Å². The van der Waals surface area contributed by atoms with Gasteiger partial charge in [0.2, 0.25) is 5.91 Å². The third-order valence-electron chi connectivity index (χ3n) is 6.32. The zero-order chi connectivity index (χ0) is 28.9. The van der Waals surface area contributed by atoms with Gasteiger partial charge in [0.25, 0.3) is 0 Å². The number of methoxy groups -OCH3 is 1. The SMILES string of the molecule is Br.CCOc1cc2c(c(F)c1OCC)C(=N)N(CC(=O)c1cc(OCCCC(N)=O)c(OC)c(C(C)(C)C)c1)C2. The molecule has 0 bridgehead atoms. The summed E-state index contributed by atoms with van der Waals surface area (Å²) in [4.78, 5) is 26.2. The first-order valence-corrected chi connectivity index (χ1v) is 13.0. The maximum absolute atomic E-state index is 15.4. The highest BCUT2D eigenvalue weighted by atomic mass is 79.9. The number of ketones is 1. The number of halogens is 2. The van der Waals surface area contributed by atoms with Crippen molar-refractivity contribution < 1.29 is 32.9 Å². The van der Waals surface area contributed by atoms with Gasteiger partial charge in [0, 0.05) is 24.1 Å². The summed E-state index contributed by atoms with van der Waals surface area (Å²) in [6.45, 7) is 10.4. The second kappa shape index (κ2) is 13.8. The van der Waals surface area contributed by atoms with E-state index < -0.39 is 11.7 Å². The van der Waals surface area contributed by atoms with Crippen LogP contribution in [0.25, 0.3) is 0 Å². The number of amidine groups is 1. The Labute approximate surface area is 245 Å². The summed E-state index contributed by atoms with van der Waals surface area (Å²) in [5, 5.41) is 8.64. The van der Waals surface area contributed by atoms with Crippen LogP contribution in [0.4, 0.5) is 4.39 Å². The lowest BCUT2D eigenvalue weighted by Gasteiger charge is -2.25. The molecule has 220 valence electrons. The molecular formula is C29H39BrFN3O6. The molecule has 0 aromatic heterocycles. The van der Waals surface area contributed by atoms with Crippen LogP contribution in [0.15, 0.2) is 18.2 Å². The second-order valence-corrected chi connectivity index (χ2v) is 10.3. The maximum Gasteiger partial charge on any atom is 0.217 e. The molecule has 0 fully saturated rings. The number of Topliss-reactive ketones (excluding diaryl/α,β-unsaturated/α-hetero) is 1. The molecule has 0 aliphatic carbocycles. The van der Waals surface area contributed by atoms with Crippen molar-refractivity contribution in [3.8, 4) is 23.0 Å². The minimum atomic E-state index is -0.663. The van der Waals surface area contributed by atoms with Crippen molar-refractivity contribution in [1.29, 1.82) is 5.41 Å². The third-order valence-corrected chi connectivity index (χ3v) is 6.32. The molecule has 0 unspecified atom stereocenters. The number of carbonyl (C=O) groups excluding carboxylic acids is 2. The number of nitrogens with zero attached hydrogens (tertiary/aromatic N) is 1. The van der Waals surface area contributed by atoms with Gasteiger partial charge in [-0.15, -0.1) is 17.0 Å². The minimum Gasteiger partial charge on any atom is -0.493 e. The van der Waals surface area contributed by atoms with Crippen LogP contribution in [0.5, 0.6) is 23.0 Å². The van der Waals surface area contributed by atoms with Crippen molar-refractivity contribution in [2.24, 2.45) is 5.73 Å². The molecule has 0 atom stereocenters. The molecule has 1 aliphatic rings. The number of hydrogen-bond donors (Lipinski definition) is 2. The smallest absolute Gasteiger partial charge is 0.217 e. The Hall–Kier alpha value is -3.34. The van der Waals surface area contributed by atoms with Crippen molar-refractivity contribution in [3.05, 3.63) is 46.3 Å². The number of benzene rings is 2.